The first kappa shape index (κ1) is 18.3. The highest BCUT2D eigenvalue weighted by Crippen LogP contribution is 2.32. The summed E-state index contributed by atoms with van der Waals surface area (Å²) in [7, 11) is 0. The van der Waals surface area contributed by atoms with Crippen molar-refractivity contribution in [1.29, 1.82) is 0 Å². The number of rotatable bonds is 3. The number of benzene rings is 1. The summed E-state index contributed by atoms with van der Waals surface area (Å²) in [6, 6.07) is 3.30. The van der Waals surface area contributed by atoms with Crippen LogP contribution in [0.15, 0.2) is 27.4 Å². The van der Waals surface area contributed by atoms with Gasteiger partial charge in [-0.1, -0.05) is 11.6 Å². The molecule has 1 aromatic carbocycles. The van der Waals surface area contributed by atoms with Gasteiger partial charge >= 0.3 is 11.8 Å². The Morgan fingerprint density at radius 1 is 1.27 bits per heavy atom. The highest BCUT2D eigenvalue weighted by Gasteiger charge is 2.36. The molecule has 26 heavy (non-hydrogen) atoms. The molecule has 0 aliphatic heterocycles. The van der Waals surface area contributed by atoms with Crippen molar-refractivity contribution >= 4 is 22.5 Å². The van der Waals surface area contributed by atoms with Gasteiger partial charge in [0, 0.05) is 11.1 Å². The molecule has 0 N–H and O–H groups in total. The maximum Gasteiger partial charge on any atom is 0.435 e. The number of halogens is 6. The molecule has 5 nitrogen and oxygen atoms in total. The van der Waals surface area contributed by atoms with Crippen LogP contribution in [-0.2, 0) is 12.7 Å². The van der Waals surface area contributed by atoms with E-state index in [1.165, 1.54) is 12.1 Å². The molecule has 3 aromatic rings. The molecule has 0 aliphatic carbocycles. The Bertz CT molecular complexity index is 1040. The van der Waals surface area contributed by atoms with Gasteiger partial charge in [-0.05, 0) is 24.6 Å². The van der Waals surface area contributed by atoms with Crippen LogP contribution < -0.4 is 5.63 Å². The lowest BCUT2D eigenvalue weighted by Gasteiger charge is -2.07. The van der Waals surface area contributed by atoms with Crippen LogP contribution in [-0.4, -0.2) is 21.2 Å². The van der Waals surface area contributed by atoms with E-state index in [1.54, 1.807) is 6.92 Å². The smallest absolute Gasteiger partial charge is 0.401 e. The predicted octanol–water partition coefficient (Wildman–Crippen LogP) is 4.30. The first-order valence-corrected chi connectivity index (χ1v) is 7.48. The third kappa shape index (κ3) is 3.41. The molecular weight excluding hydrogens is 385 g/mol. The van der Waals surface area contributed by atoms with Crippen LogP contribution in [0.4, 0.5) is 22.0 Å². The van der Waals surface area contributed by atoms with Crippen LogP contribution in [0, 0.1) is 6.92 Å². The maximum atomic E-state index is 12.9. The number of hydrogen-bond donors (Lipinski definition) is 0. The lowest BCUT2D eigenvalue weighted by molar-refractivity contribution is -0.141. The fourth-order valence-corrected chi connectivity index (χ4v) is 2.69. The summed E-state index contributed by atoms with van der Waals surface area (Å²) in [5.41, 5.74) is -2.18. The van der Waals surface area contributed by atoms with Gasteiger partial charge in [-0.15, -0.1) is 0 Å². The Morgan fingerprint density at radius 2 is 1.96 bits per heavy atom. The molecule has 0 saturated heterocycles. The van der Waals surface area contributed by atoms with Crippen LogP contribution in [0.25, 0.3) is 22.5 Å². The SMILES string of the molecule is Cc1cc(Cl)cc2c(=O)oc(-c3cc(C(F)(F)F)nn3CC(F)F)nc12. The zero-order chi connectivity index (χ0) is 19.2. The topological polar surface area (TPSA) is 60.9 Å². The van der Waals surface area contributed by atoms with Gasteiger partial charge in [0.05, 0.1) is 10.9 Å². The second-order valence-electron chi connectivity index (χ2n) is 5.41. The molecule has 0 bridgehead atoms. The summed E-state index contributed by atoms with van der Waals surface area (Å²) in [6.07, 6.45) is -7.83. The predicted molar refractivity (Wildman–Crippen MR) is 82.3 cm³/mol. The van der Waals surface area contributed by atoms with Crippen molar-refractivity contribution < 1.29 is 26.4 Å². The molecule has 0 spiro atoms. The summed E-state index contributed by atoms with van der Waals surface area (Å²) < 4.78 is 69.4. The van der Waals surface area contributed by atoms with Gasteiger partial charge in [0.2, 0.25) is 5.89 Å². The number of fused-ring (bicyclic) bond motifs is 1. The Kier molecular flexibility index (Phi) is 4.47. The lowest BCUT2D eigenvalue weighted by atomic mass is 10.1. The zero-order valence-electron chi connectivity index (χ0n) is 12.9. The molecule has 0 aliphatic rings. The molecule has 2 heterocycles. The van der Waals surface area contributed by atoms with Gasteiger partial charge in [0.15, 0.2) is 5.69 Å². The summed E-state index contributed by atoms with van der Waals surface area (Å²) in [4.78, 5) is 16.2. The van der Waals surface area contributed by atoms with Gasteiger partial charge in [0.25, 0.3) is 6.43 Å². The molecule has 138 valence electrons. The van der Waals surface area contributed by atoms with E-state index in [4.69, 9.17) is 16.0 Å². The van der Waals surface area contributed by atoms with Crippen molar-refractivity contribution in [2.45, 2.75) is 26.1 Å². The molecule has 0 unspecified atom stereocenters. The molecule has 3 rings (SSSR count). The first-order chi connectivity index (χ1) is 12.1. The van der Waals surface area contributed by atoms with Crippen LogP contribution in [0.1, 0.15) is 11.3 Å². The Labute approximate surface area is 147 Å². The highest BCUT2D eigenvalue weighted by molar-refractivity contribution is 6.31. The minimum Gasteiger partial charge on any atom is -0.401 e. The largest absolute Gasteiger partial charge is 0.435 e. The summed E-state index contributed by atoms with van der Waals surface area (Å²) in [5, 5.41) is 3.40. The van der Waals surface area contributed by atoms with E-state index in [2.05, 4.69) is 10.1 Å². The van der Waals surface area contributed by atoms with Crippen molar-refractivity contribution in [3.8, 4) is 11.6 Å². The average molecular weight is 394 g/mol. The monoisotopic (exact) mass is 393 g/mol. The normalized spacial score (nSPS) is 12.3. The van der Waals surface area contributed by atoms with Crippen LogP contribution in [0.5, 0.6) is 0 Å². The van der Waals surface area contributed by atoms with E-state index in [1.807, 2.05) is 0 Å². The Balaban J connectivity index is 2.26. The van der Waals surface area contributed by atoms with E-state index in [0.717, 1.165) is 0 Å². The summed E-state index contributed by atoms with van der Waals surface area (Å²) >= 11 is 5.86. The number of alkyl halides is 5. The third-order valence-corrected chi connectivity index (χ3v) is 3.71. The fourth-order valence-electron chi connectivity index (χ4n) is 2.41. The number of aromatic nitrogens is 3. The number of nitrogens with zero attached hydrogens (tertiary/aromatic N) is 3. The van der Waals surface area contributed by atoms with E-state index in [0.29, 0.717) is 16.3 Å². The van der Waals surface area contributed by atoms with Crippen molar-refractivity contribution in [2.75, 3.05) is 0 Å². The molecule has 0 amide bonds. The molecule has 11 heteroatoms. The molecule has 2 aromatic heterocycles. The first-order valence-electron chi connectivity index (χ1n) is 7.11. The quantitative estimate of drug-likeness (QED) is 0.623. The molecule has 0 fully saturated rings. The van der Waals surface area contributed by atoms with E-state index in [9.17, 15) is 26.7 Å². The Morgan fingerprint density at radius 3 is 2.58 bits per heavy atom. The van der Waals surface area contributed by atoms with E-state index in [-0.39, 0.29) is 15.9 Å². The van der Waals surface area contributed by atoms with Gasteiger partial charge in [-0.2, -0.15) is 18.3 Å². The summed E-state index contributed by atoms with van der Waals surface area (Å²) in [6.45, 7) is 0.469. The van der Waals surface area contributed by atoms with Crippen molar-refractivity contribution in [3.05, 3.63) is 44.9 Å². The van der Waals surface area contributed by atoms with Crippen LogP contribution >= 0.6 is 11.6 Å². The molecule has 0 saturated carbocycles. The van der Waals surface area contributed by atoms with Crippen LogP contribution in [0.3, 0.4) is 0 Å². The van der Waals surface area contributed by atoms with Gasteiger partial charge < -0.3 is 4.42 Å². The van der Waals surface area contributed by atoms with Gasteiger partial charge in [-0.3, -0.25) is 4.68 Å². The molecular formula is C15H9ClF5N3O2. The minimum absolute atomic E-state index is 0.0229. The van der Waals surface area contributed by atoms with Crippen molar-refractivity contribution in [2.24, 2.45) is 0 Å². The lowest BCUT2D eigenvalue weighted by Crippen LogP contribution is -2.13. The fraction of sp³-hybridized carbons (Fsp3) is 0.267. The van der Waals surface area contributed by atoms with Crippen LogP contribution in [0.2, 0.25) is 5.02 Å². The highest BCUT2D eigenvalue weighted by atomic mass is 35.5. The van der Waals surface area contributed by atoms with Gasteiger partial charge in [-0.25, -0.2) is 18.6 Å². The second-order valence-corrected chi connectivity index (χ2v) is 5.85. The van der Waals surface area contributed by atoms with Crippen molar-refractivity contribution in [3.63, 3.8) is 0 Å². The van der Waals surface area contributed by atoms with Gasteiger partial charge in [0.1, 0.15) is 12.2 Å². The maximum absolute atomic E-state index is 12.9. The second kappa shape index (κ2) is 6.35. The van der Waals surface area contributed by atoms with E-state index < -0.39 is 42.1 Å². The third-order valence-electron chi connectivity index (χ3n) is 3.49. The average Bonchev–Trinajstić information content (AvgIpc) is 2.91. The van der Waals surface area contributed by atoms with Crippen molar-refractivity contribution in [1.82, 2.24) is 14.8 Å². The minimum atomic E-state index is -4.86. The summed E-state index contributed by atoms with van der Waals surface area (Å²) in [5.74, 6) is -0.545. The van der Waals surface area contributed by atoms with E-state index >= 15 is 0 Å². The zero-order valence-corrected chi connectivity index (χ0v) is 13.7. The standard InChI is InChI=1S/C15H9ClF5N3O2/c1-6-2-7(16)3-8-12(6)22-13(26-14(8)25)9-4-10(15(19,20)21)23-24(9)5-11(17)18/h2-4,11H,5H2,1H3. The molecule has 0 atom stereocenters. The Hall–Kier alpha value is -2.49. The molecule has 0 radical (unpaired) electrons. The number of hydrogen-bond acceptors (Lipinski definition) is 4. The number of aryl methyl sites for hydroxylation is 1.